The molecule has 1 saturated heterocycles. The highest BCUT2D eigenvalue weighted by atomic mass is 32.2. The molecule has 1 aromatic carbocycles. The highest BCUT2D eigenvalue weighted by Gasteiger charge is 2.31. The summed E-state index contributed by atoms with van der Waals surface area (Å²) < 4.78 is 37.3. The molecule has 1 aromatic rings. The number of nitrogens with zero attached hydrogens (tertiary/aromatic N) is 2. The first-order chi connectivity index (χ1) is 9.32. The number of aliphatic imine (C=N–C) groups is 1. The van der Waals surface area contributed by atoms with E-state index in [0.29, 0.717) is 15.6 Å². The molecule has 0 unspecified atom stereocenters. The Kier molecular flexibility index (Phi) is 3.89. The number of likely N-dealkylation sites (N-methyl/N-ethyl adjacent to an activating group) is 1. The fourth-order valence-electron chi connectivity index (χ4n) is 1.67. The lowest BCUT2D eigenvalue weighted by molar-refractivity contribution is -0.137. The number of hydrogen-bond acceptors (Lipinski definition) is 3. The zero-order chi connectivity index (χ0) is 14.9. The number of hydrogen-bond donors (Lipinski definition) is 0. The van der Waals surface area contributed by atoms with Crippen LogP contribution in [-0.4, -0.2) is 30.1 Å². The maximum Gasteiger partial charge on any atom is 0.416 e. The molecule has 1 aliphatic rings. The molecule has 0 atom stereocenters. The average Bonchev–Trinajstić information content (AvgIpc) is 2.66. The lowest BCUT2D eigenvalue weighted by Crippen LogP contribution is -2.23. The lowest BCUT2D eigenvalue weighted by atomic mass is 10.1. The second-order valence-electron chi connectivity index (χ2n) is 4.10. The summed E-state index contributed by atoms with van der Waals surface area (Å²) in [5.74, 6) is -0.213. The van der Waals surface area contributed by atoms with Gasteiger partial charge in [-0.25, -0.2) is 0 Å². The summed E-state index contributed by atoms with van der Waals surface area (Å²) in [7, 11) is 3.18. The van der Waals surface area contributed by atoms with E-state index in [1.807, 2.05) is 0 Å². The third-order valence-corrected chi connectivity index (χ3v) is 3.88. The van der Waals surface area contributed by atoms with Crippen LogP contribution in [0.25, 0.3) is 6.08 Å². The molecule has 20 heavy (non-hydrogen) atoms. The normalized spacial score (nSPS) is 20.2. The van der Waals surface area contributed by atoms with Crippen LogP contribution in [0.3, 0.4) is 0 Å². The highest BCUT2D eigenvalue weighted by Crippen LogP contribution is 2.32. The van der Waals surface area contributed by atoms with E-state index in [4.69, 9.17) is 0 Å². The van der Waals surface area contributed by atoms with Gasteiger partial charge < -0.3 is 0 Å². The van der Waals surface area contributed by atoms with Crippen LogP contribution in [0, 0.1) is 0 Å². The monoisotopic (exact) mass is 300 g/mol. The van der Waals surface area contributed by atoms with Crippen molar-refractivity contribution < 1.29 is 18.0 Å². The molecule has 1 fully saturated rings. The SMILES string of the molecule is CN=C1S/C(=C/c2ccc(C(F)(F)F)cc2)C(=O)N1C. The average molecular weight is 300 g/mol. The third-order valence-electron chi connectivity index (χ3n) is 2.73. The maximum absolute atomic E-state index is 12.4. The van der Waals surface area contributed by atoms with Crippen molar-refractivity contribution in [1.82, 2.24) is 4.90 Å². The molecule has 2 rings (SSSR count). The van der Waals surface area contributed by atoms with E-state index in [0.717, 1.165) is 12.1 Å². The number of carbonyl (C=O) groups excluding carboxylic acids is 1. The van der Waals surface area contributed by atoms with E-state index in [2.05, 4.69) is 4.99 Å². The minimum atomic E-state index is -4.36. The zero-order valence-electron chi connectivity index (χ0n) is 10.7. The number of amides is 1. The van der Waals surface area contributed by atoms with Gasteiger partial charge in [0.15, 0.2) is 5.17 Å². The van der Waals surface area contributed by atoms with E-state index in [-0.39, 0.29) is 5.91 Å². The Labute approximate surface area is 118 Å². The number of carbonyl (C=O) groups is 1. The first kappa shape index (κ1) is 14.6. The van der Waals surface area contributed by atoms with Crippen LogP contribution >= 0.6 is 11.8 Å². The molecule has 1 amide bonds. The Balaban J connectivity index is 2.26. The van der Waals surface area contributed by atoms with Crippen LogP contribution in [0.2, 0.25) is 0 Å². The van der Waals surface area contributed by atoms with Crippen molar-refractivity contribution in [2.24, 2.45) is 4.99 Å². The van der Waals surface area contributed by atoms with Gasteiger partial charge in [-0.1, -0.05) is 12.1 Å². The minimum Gasteiger partial charge on any atom is -0.290 e. The summed E-state index contributed by atoms with van der Waals surface area (Å²) in [6, 6.07) is 4.67. The maximum atomic E-state index is 12.4. The fourth-order valence-corrected chi connectivity index (χ4v) is 2.60. The Hall–Kier alpha value is -1.76. The molecule has 0 radical (unpaired) electrons. The van der Waals surface area contributed by atoms with Crippen molar-refractivity contribution in [3.05, 3.63) is 40.3 Å². The molecular formula is C13H11F3N2OS. The summed E-state index contributed by atoms with van der Waals surface area (Å²) in [5.41, 5.74) is -0.169. The van der Waals surface area contributed by atoms with Gasteiger partial charge in [0.05, 0.1) is 10.5 Å². The topological polar surface area (TPSA) is 32.7 Å². The Bertz CT molecular complexity index is 591. The first-order valence-electron chi connectivity index (χ1n) is 5.64. The number of thioether (sulfide) groups is 1. The van der Waals surface area contributed by atoms with E-state index in [9.17, 15) is 18.0 Å². The smallest absolute Gasteiger partial charge is 0.290 e. The van der Waals surface area contributed by atoms with Gasteiger partial charge in [0, 0.05) is 14.1 Å². The number of alkyl halides is 3. The molecule has 0 aliphatic carbocycles. The first-order valence-corrected chi connectivity index (χ1v) is 6.46. The van der Waals surface area contributed by atoms with Crippen molar-refractivity contribution in [3.63, 3.8) is 0 Å². The van der Waals surface area contributed by atoms with Crippen LogP contribution in [0.1, 0.15) is 11.1 Å². The van der Waals surface area contributed by atoms with Crippen molar-refractivity contribution in [2.75, 3.05) is 14.1 Å². The fraction of sp³-hybridized carbons (Fsp3) is 0.231. The third kappa shape index (κ3) is 2.87. The lowest BCUT2D eigenvalue weighted by Gasteiger charge is -2.06. The predicted octanol–water partition coefficient (Wildman–Crippen LogP) is 3.24. The summed E-state index contributed by atoms with van der Waals surface area (Å²) in [4.78, 5) is 17.7. The van der Waals surface area contributed by atoms with Crippen molar-refractivity contribution in [2.45, 2.75) is 6.18 Å². The van der Waals surface area contributed by atoms with Crippen molar-refractivity contribution in [1.29, 1.82) is 0 Å². The number of amidine groups is 1. The molecule has 0 aromatic heterocycles. The number of rotatable bonds is 1. The van der Waals surface area contributed by atoms with E-state index < -0.39 is 11.7 Å². The van der Waals surface area contributed by atoms with Gasteiger partial charge in [0.1, 0.15) is 0 Å². The van der Waals surface area contributed by atoms with Gasteiger partial charge in [-0.3, -0.25) is 14.7 Å². The van der Waals surface area contributed by atoms with E-state index in [1.165, 1.54) is 28.8 Å². The predicted molar refractivity (Wildman–Crippen MR) is 73.1 cm³/mol. The number of benzene rings is 1. The standard InChI is InChI=1S/C13H11F3N2OS/c1-17-12-18(2)11(19)10(20-12)7-8-3-5-9(6-4-8)13(14,15)16/h3-7H,1-2H3/b10-7+,17-12?. The Morgan fingerprint density at radius 3 is 2.30 bits per heavy atom. The van der Waals surface area contributed by atoms with Gasteiger partial charge in [-0.2, -0.15) is 13.2 Å². The van der Waals surface area contributed by atoms with Crippen LogP contribution in [0.4, 0.5) is 13.2 Å². The number of halogens is 3. The summed E-state index contributed by atoms with van der Waals surface area (Å²) in [5, 5.41) is 0.563. The van der Waals surface area contributed by atoms with Crippen molar-refractivity contribution in [3.8, 4) is 0 Å². The van der Waals surface area contributed by atoms with Crippen molar-refractivity contribution >= 4 is 28.9 Å². The van der Waals surface area contributed by atoms with Gasteiger partial charge in [-0.15, -0.1) is 0 Å². The Morgan fingerprint density at radius 1 is 1.25 bits per heavy atom. The van der Waals surface area contributed by atoms with Gasteiger partial charge in [-0.05, 0) is 35.5 Å². The van der Waals surface area contributed by atoms with Gasteiger partial charge in [0.2, 0.25) is 0 Å². The molecule has 0 spiro atoms. The van der Waals surface area contributed by atoms with Crippen LogP contribution in [0.5, 0.6) is 0 Å². The Morgan fingerprint density at radius 2 is 1.85 bits per heavy atom. The minimum absolute atomic E-state index is 0.213. The largest absolute Gasteiger partial charge is 0.416 e. The molecule has 1 heterocycles. The quantitative estimate of drug-likeness (QED) is 0.746. The molecule has 7 heteroatoms. The van der Waals surface area contributed by atoms with Gasteiger partial charge in [0.25, 0.3) is 5.91 Å². The second-order valence-corrected chi connectivity index (χ2v) is 5.11. The molecule has 106 valence electrons. The summed E-state index contributed by atoms with van der Waals surface area (Å²) in [6.07, 6.45) is -2.80. The summed E-state index contributed by atoms with van der Waals surface area (Å²) in [6.45, 7) is 0. The highest BCUT2D eigenvalue weighted by molar-refractivity contribution is 8.18. The molecule has 0 N–H and O–H groups in total. The molecule has 1 aliphatic heterocycles. The molecule has 3 nitrogen and oxygen atoms in total. The zero-order valence-corrected chi connectivity index (χ0v) is 11.5. The van der Waals surface area contributed by atoms with Crippen LogP contribution in [0.15, 0.2) is 34.2 Å². The van der Waals surface area contributed by atoms with E-state index in [1.54, 1.807) is 20.2 Å². The molecule has 0 saturated carbocycles. The molecular weight excluding hydrogens is 289 g/mol. The summed E-state index contributed by atoms with van der Waals surface area (Å²) >= 11 is 1.20. The molecule has 0 bridgehead atoms. The van der Waals surface area contributed by atoms with Gasteiger partial charge >= 0.3 is 6.18 Å². The second kappa shape index (κ2) is 5.32. The van der Waals surface area contributed by atoms with E-state index >= 15 is 0 Å². The van der Waals surface area contributed by atoms with Crippen LogP contribution in [-0.2, 0) is 11.0 Å². The van der Waals surface area contributed by atoms with Crippen LogP contribution < -0.4 is 0 Å².